The number of furan rings is 1. The molecule has 1 atom stereocenters. The lowest BCUT2D eigenvalue weighted by Crippen LogP contribution is -2.07. The molecular weight excluding hydrogens is 238 g/mol. The van der Waals surface area contributed by atoms with Crippen molar-refractivity contribution in [3.05, 3.63) is 35.6 Å². The highest BCUT2D eigenvalue weighted by Gasteiger charge is 2.13. The van der Waals surface area contributed by atoms with Crippen LogP contribution in [0, 0.1) is 12.8 Å². The molecule has 0 radical (unpaired) electrons. The van der Waals surface area contributed by atoms with Crippen molar-refractivity contribution in [3.8, 4) is 0 Å². The van der Waals surface area contributed by atoms with Gasteiger partial charge in [-0.15, -0.1) is 0 Å². The van der Waals surface area contributed by atoms with Gasteiger partial charge in [-0.3, -0.25) is 4.79 Å². The molecule has 1 aromatic carbocycles. The van der Waals surface area contributed by atoms with Crippen molar-refractivity contribution in [2.45, 2.75) is 33.1 Å². The molecule has 0 amide bonds. The van der Waals surface area contributed by atoms with Gasteiger partial charge in [0, 0.05) is 11.8 Å². The lowest BCUT2D eigenvalue weighted by molar-refractivity contribution is 0.0949. The first-order valence-electron chi connectivity index (χ1n) is 6.83. The topological polar surface area (TPSA) is 56.2 Å². The Balaban J connectivity index is 2.05. The summed E-state index contributed by atoms with van der Waals surface area (Å²) in [6.45, 7) is 4.84. The van der Waals surface area contributed by atoms with E-state index in [9.17, 15) is 4.79 Å². The van der Waals surface area contributed by atoms with E-state index in [2.05, 4.69) is 6.92 Å². The molecule has 1 heterocycles. The predicted octanol–water partition coefficient (Wildman–Crippen LogP) is 3.69. The number of fused-ring (bicyclic) bond motifs is 1. The summed E-state index contributed by atoms with van der Waals surface area (Å²) in [5, 5.41) is 0.998. The van der Waals surface area contributed by atoms with Crippen LogP contribution < -0.4 is 5.73 Å². The normalized spacial score (nSPS) is 12.8. The molecule has 102 valence electrons. The third kappa shape index (κ3) is 3.44. The van der Waals surface area contributed by atoms with E-state index in [1.807, 2.05) is 31.2 Å². The molecule has 0 aliphatic rings. The lowest BCUT2D eigenvalue weighted by Gasteiger charge is -2.07. The van der Waals surface area contributed by atoms with E-state index in [4.69, 9.17) is 10.2 Å². The minimum Gasteiger partial charge on any atom is -0.453 e. The van der Waals surface area contributed by atoms with Crippen LogP contribution in [0.1, 0.15) is 42.3 Å². The Labute approximate surface area is 113 Å². The second kappa shape index (κ2) is 6.02. The molecule has 0 spiro atoms. The fourth-order valence-corrected chi connectivity index (χ4v) is 2.23. The van der Waals surface area contributed by atoms with Crippen molar-refractivity contribution in [1.82, 2.24) is 0 Å². The van der Waals surface area contributed by atoms with Gasteiger partial charge in [-0.25, -0.2) is 0 Å². The standard InChI is InChI=1S/C16H21NO2/c1-11(7-8-17)3-5-14(18)16-10-13-9-12(2)4-6-15(13)19-16/h4,6,9-11H,3,5,7-8,17H2,1-2H3. The van der Waals surface area contributed by atoms with Crippen LogP contribution in [0.4, 0.5) is 0 Å². The summed E-state index contributed by atoms with van der Waals surface area (Å²) in [5.41, 5.74) is 7.46. The van der Waals surface area contributed by atoms with Crippen molar-refractivity contribution in [1.29, 1.82) is 0 Å². The van der Waals surface area contributed by atoms with Crippen LogP contribution >= 0.6 is 0 Å². The summed E-state index contributed by atoms with van der Waals surface area (Å²) in [7, 11) is 0. The van der Waals surface area contributed by atoms with Crippen LogP contribution in [-0.4, -0.2) is 12.3 Å². The van der Waals surface area contributed by atoms with Gasteiger partial charge in [-0.2, -0.15) is 0 Å². The first-order valence-corrected chi connectivity index (χ1v) is 6.83. The van der Waals surface area contributed by atoms with Crippen LogP contribution in [0.2, 0.25) is 0 Å². The zero-order valence-electron chi connectivity index (χ0n) is 11.6. The number of carbonyl (C=O) groups excluding carboxylic acids is 1. The lowest BCUT2D eigenvalue weighted by atomic mass is 9.99. The molecule has 1 aromatic heterocycles. The first kappa shape index (κ1) is 13.8. The Morgan fingerprint density at radius 3 is 2.84 bits per heavy atom. The molecule has 2 rings (SSSR count). The van der Waals surface area contributed by atoms with Crippen molar-refractivity contribution in [2.24, 2.45) is 11.7 Å². The molecule has 3 nitrogen and oxygen atoms in total. The molecule has 2 aromatic rings. The van der Waals surface area contributed by atoms with E-state index < -0.39 is 0 Å². The molecule has 0 bridgehead atoms. The maximum Gasteiger partial charge on any atom is 0.198 e. The zero-order chi connectivity index (χ0) is 13.8. The first-order chi connectivity index (χ1) is 9.10. The third-order valence-corrected chi connectivity index (χ3v) is 3.47. The van der Waals surface area contributed by atoms with E-state index in [-0.39, 0.29) is 5.78 Å². The van der Waals surface area contributed by atoms with Gasteiger partial charge in [0.05, 0.1) is 0 Å². The van der Waals surface area contributed by atoms with Gasteiger partial charge < -0.3 is 10.2 Å². The minimum atomic E-state index is 0.0812. The molecule has 19 heavy (non-hydrogen) atoms. The Kier molecular flexibility index (Phi) is 4.38. The van der Waals surface area contributed by atoms with Gasteiger partial charge in [-0.1, -0.05) is 18.6 Å². The number of rotatable bonds is 6. The second-order valence-corrected chi connectivity index (χ2v) is 5.30. The molecule has 0 aliphatic carbocycles. The highest BCUT2D eigenvalue weighted by Crippen LogP contribution is 2.22. The summed E-state index contributed by atoms with van der Waals surface area (Å²) < 4.78 is 5.60. The van der Waals surface area contributed by atoms with Crippen LogP contribution in [0.15, 0.2) is 28.7 Å². The molecule has 0 fully saturated rings. The Hall–Kier alpha value is -1.61. The molecular formula is C16H21NO2. The van der Waals surface area contributed by atoms with E-state index in [1.54, 1.807) is 0 Å². The highest BCUT2D eigenvalue weighted by molar-refractivity contribution is 5.97. The third-order valence-electron chi connectivity index (χ3n) is 3.47. The highest BCUT2D eigenvalue weighted by atomic mass is 16.3. The smallest absolute Gasteiger partial charge is 0.198 e. The van der Waals surface area contributed by atoms with E-state index in [1.165, 1.54) is 5.56 Å². The van der Waals surface area contributed by atoms with Crippen molar-refractivity contribution >= 4 is 16.8 Å². The average molecular weight is 259 g/mol. The van der Waals surface area contributed by atoms with Crippen LogP contribution in [-0.2, 0) is 0 Å². The predicted molar refractivity (Wildman–Crippen MR) is 77.4 cm³/mol. The second-order valence-electron chi connectivity index (χ2n) is 5.30. The number of aryl methyl sites for hydroxylation is 1. The number of hydrogen-bond donors (Lipinski definition) is 1. The SMILES string of the molecule is Cc1ccc2oc(C(=O)CCC(C)CCN)cc2c1. The van der Waals surface area contributed by atoms with Crippen LogP contribution in [0.5, 0.6) is 0 Å². The van der Waals surface area contributed by atoms with E-state index >= 15 is 0 Å². The zero-order valence-corrected chi connectivity index (χ0v) is 11.6. The molecule has 0 saturated heterocycles. The largest absolute Gasteiger partial charge is 0.453 e. The Morgan fingerprint density at radius 1 is 1.32 bits per heavy atom. The molecule has 3 heteroatoms. The average Bonchev–Trinajstić information content (AvgIpc) is 2.79. The number of carbonyl (C=O) groups is 1. The van der Waals surface area contributed by atoms with Crippen molar-refractivity contribution in [2.75, 3.05) is 6.54 Å². The van der Waals surface area contributed by atoms with Gasteiger partial charge in [0.2, 0.25) is 0 Å². The molecule has 2 N–H and O–H groups in total. The quantitative estimate of drug-likeness (QED) is 0.805. The number of nitrogens with two attached hydrogens (primary N) is 1. The van der Waals surface area contributed by atoms with Gasteiger partial charge in [0.15, 0.2) is 11.5 Å². The number of Topliss-reactive ketones (excluding diaryl/α,β-unsaturated/α-hetero) is 1. The molecule has 0 saturated carbocycles. The van der Waals surface area contributed by atoms with E-state index in [0.717, 1.165) is 23.8 Å². The van der Waals surface area contributed by atoms with E-state index in [0.29, 0.717) is 24.6 Å². The fourth-order valence-electron chi connectivity index (χ4n) is 2.23. The van der Waals surface area contributed by atoms with Crippen molar-refractivity contribution < 1.29 is 9.21 Å². The summed E-state index contributed by atoms with van der Waals surface area (Å²) in [6, 6.07) is 7.78. The van der Waals surface area contributed by atoms with Gasteiger partial charge >= 0.3 is 0 Å². The van der Waals surface area contributed by atoms with Crippen LogP contribution in [0.3, 0.4) is 0 Å². The molecule has 0 aliphatic heterocycles. The van der Waals surface area contributed by atoms with Crippen molar-refractivity contribution in [3.63, 3.8) is 0 Å². The number of ketones is 1. The summed E-state index contributed by atoms with van der Waals surface area (Å²) in [4.78, 5) is 12.1. The summed E-state index contributed by atoms with van der Waals surface area (Å²) >= 11 is 0. The van der Waals surface area contributed by atoms with Gasteiger partial charge in [0.1, 0.15) is 5.58 Å². The van der Waals surface area contributed by atoms with Gasteiger partial charge in [0.25, 0.3) is 0 Å². The van der Waals surface area contributed by atoms with Gasteiger partial charge in [-0.05, 0) is 50.4 Å². The number of benzene rings is 1. The summed E-state index contributed by atoms with van der Waals surface area (Å²) in [5.74, 6) is 1.04. The monoisotopic (exact) mass is 259 g/mol. The van der Waals surface area contributed by atoms with Crippen LogP contribution in [0.25, 0.3) is 11.0 Å². The number of hydrogen-bond acceptors (Lipinski definition) is 3. The fraction of sp³-hybridized carbons (Fsp3) is 0.438. The minimum absolute atomic E-state index is 0.0812. The Bertz CT molecular complexity index is 571. The summed E-state index contributed by atoms with van der Waals surface area (Å²) in [6.07, 6.45) is 2.36. The molecule has 1 unspecified atom stereocenters. The Morgan fingerprint density at radius 2 is 2.11 bits per heavy atom. The maximum atomic E-state index is 12.1. The maximum absolute atomic E-state index is 12.1.